The first kappa shape index (κ1) is 16.2. The van der Waals surface area contributed by atoms with Crippen molar-refractivity contribution in [3.05, 3.63) is 71.5 Å². The summed E-state index contributed by atoms with van der Waals surface area (Å²) in [6.45, 7) is 0.506. The van der Waals surface area contributed by atoms with Crippen LogP contribution in [0.3, 0.4) is 0 Å². The van der Waals surface area contributed by atoms with Gasteiger partial charge in [0.05, 0.1) is 11.3 Å². The number of tetrazole rings is 1. The highest BCUT2D eigenvalue weighted by Crippen LogP contribution is 2.25. The highest BCUT2D eigenvalue weighted by molar-refractivity contribution is 7.98. The predicted octanol–water partition coefficient (Wildman–Crippen LogP) is 2.43. The van der Waals surface area contributed by atoms with Crippen LogP contribution in [0.5, 0.6) is 0 Å². The van der Waals surface area contributed by atoms with Crippen molar-refractivity contribution in [2.24, 2.45) is 7.05 Å². The minimum absolute atomic E-state index is 0.0851. The lowest BCUT2D eigenvalue weighted by atomic mass is 10.2. The van der Waals surface area contributed by atoms with Crippen LogP contribution in [-0.4, -0.2) is 26.1 Å². The molecular formula is C17H17N5OS. The molecule has 6 nitrogen and oxygen atoms in total. The predicted molar refractivity (Wildman–Crippen MR) is 92.4 cm³/mol. The zero-order valence-corrected chi connectivity index (χ0v) is 14.0. The van der Waals surface area contributed by atoms with Gasteiger partial charge >= 0.3 is 0 Å². The normalized spacial score (nSPS) is 10.5. The van der Waals surface area contributed by atoms with Crippen molar-refractivity contribution in [3.63, 3.8) is 0 Å². The van der Waals surface area contributed by atoms with E-state index in [1.54, 1.807) is 23.5 Å². The fourth-order valence-corrected chi connectivity index (χ4v) is 3.19. The maximum absolute atomic E-state index is 12.5. The molecule has 0 atom stereocenters. The highest BCUT2D eigenvalue weighted by atomic mass is 32.2. The number of amides is 1. The zero-order chi connectivity index (χ0) is 16.8. The Bertz CT molecular complexity index is 819. The van der Waals surface area contributed by atoms with Gasteiger partial charge in [-0.15, -0.1) is 16.9 Å². The van der Waals surface area contributed by atoms with E-state index in [9.17, 15) is 4.79 Å². The Labute approximate surface area is 144 Å². The van der Waals surface area contributed by atoms with Crippen LogP contribution < -0.4 is 5.32 Å². The van der Waals surface area contributed by atoms with Crippen LogP contribution in [0, 0.1) is 0 Å². The van der Waals surface area contributed by atoms with Crippen LogP contribution in [0.4, 0.5) is 0 Å². The molecule has 0 radical (unpaired) electrons. The SMILES string of the molecule is Cn1nnnc1CSc1ccccc1C(=O)NCc1ccccc1. The molecule has 0 saturated heterocycles. The molecule has 0 saturated carbocycles. The van der Waals surface area contributed by atoms with Crippen LogP contribution in [0.15, 0.2) is 59.5 Å². The topological polar surface area (TPSA) is 72.7 Å². The zero-order valence-electron chi connectivity index (χ0n) is 13.2. The van der Waals surface area contributed by atoms with Crippen molar-refractivity contribution in [1.82, 2.24) is 25.5 Å². The van der Waals surface area contributed by atoms with Gasteiger partial charge in [-0.05, 0) is 28.1 Å². The molecule has 0 aliphatic rings. The molecule has 0 aliphatic carbocycles. The standard InChI is InChI=1S/C17H17N5OS/c1-22-16(19-20-21-22)12-24-15-10-6-5-9-14(15)17(23)18-11-13-7-3-2-4-8-13/h2-10H,11-12H2,1H3,(H,18,23). The van der Waals surface area contributed by atoms with Crippen LogP contribution in [0.1, 0.15) is 21.7 Å². The first-order valence-electron chi connectivity index (χ1n) is 7.49. The van der Waals surface area contributed by atoms with Gasteiger partial charge in [-0.25, -0.2) is 4.68 Å². The number of benzene rings is 2. The first-order valence-corrected chi connectivity index (χ1v) is 8.48. The molecule has 7 heteroatoms. The lowest BCUT2D eigenvalue weighted by Crippen LogP contribution is -2.23. The van der Waals surface area contributed by atoms with Crippen molar-refractivity contribution >= 4 is 17.7 Å². The summed E-state index contributed by atoms with van der Waals surface area (Å²) in [6, 6.07) is 17.4. The Morgan fingerprint density at radius 1 is 1.12 bits per heavy atom. The summed E-state index contributed by atoms with van der Waals surface area (Å²) in [5.74, 6) is 1.28. The number of thioether (sulfide) groups is 1. The third kappa shape index (κ3) is 3.99. The molecule has 0 fully saturated rings. The van der Waals surface area contributed by atoms with Crippen molar-refractivity contribution in [2.75, 3.05) is 0 Å². The molecular weight excluding hydrogens is 322 g/mol. The summed E-state index contributed by atoms with van der Waals surface area (Å²) in [5.41, 5.74) is 1.73. The second-order valence-corrected chi connectivity index (χ2v) is 6.19. The van der Waals surface area contributed by atoms with Gasteiger partial charge in [0.2, 0.25) is 0 Å². The van der Waals surface area contributed by atoms with E-state index in [-0.39, 0.29) is 5.91 Å². The Morgan fingerprint density at radius 3 is 2.62 bits per heavy atom. The minimum atomic E-state index is -0.0851. The van der Waals surface area contributed by atoms with E-state index in [1.165, 1.54) is 0 Å². The summed E-state index contributed by atoms with van der Waals surface area (Å²) in [4.78, 5) is 13.4. The molecule has 1 heterocycles. The molecule has 0 unspecified atom stereocenters. The van der Waals surface area contributed by atoms with Gasteiger partial charge < -0.3 is 5.32 Å². The molecule has 1 amide bonds. The number of aryl methyl sites for hydroxylation is 1. The van der Waals surface area contributed by atoms with E-state index in [0.29, 0.717) is 17.9 Å². The molecule has 0 aliphatic heterocycles. The second kappa shape index (κ2) is 7.74. The van der Waals surface area contributed by atoms with Gasteiger partial charge in [-0.2, -0.15) is 0 Å². The minimum Gasteiger partial charge on any atom is -0.348 e. The second-order valence-electron chi connectivity index (χ2n) is 5.17. The molecule has 3 aromatic rings. The number of hydrogen-bond donors (Lipinski definition) is 1. The maximum atomic E-state index is 12.5. The Morgan fingerprint density at radius 2 is 1.88 bits per heavy atom. The Hall–Kier alpha value is -2.67. The molecule has 1 N–H and O–H groups in total. The van der Waals surface area contributed by atoms with Crippen molar-refractivity contribution in [2.45, 2.75) is 17.2 Å². The Kier molecular flexibility index (Phi) is 5.22. The highest BCUT2D eigenvalue weighted by Gasteiger charge is 2.12. The molecule has 24 heavy (non-hydrogen) atoms. The van der Waals surface area contributed by atoms with Gasteiger partial charge in [0, 0.05) is 18.5 Å². The van der Waals surface area contributed by atoms with E-state index < -0.39 is 0 Å². The van der Waals surface area contributed by atoms with Crippen molar-refractivity contribution in [3.8, 4) is 0 Å². The van der Waals surface area contributed by atoms with Crippen LogP contribution in [-0.2, 0) is 19.3 Å². The quantitative estimate of drug-likeness (QED) is 0.698. The number of aromatic nitrogens is 4. The number of nitrogens with zero attached hydrogens (tertiary/aromatic N) is 4. The van der Waals surface area contributed by atoms with Gasteiger partial charge in [0.1, 0.15) is 0 Å². The third-order valence-electron chi connectivity index (χ3n) is 3.49. The van der Waals surface area contributed by atoms with Crippen LogP contribution in [0.2, 0.25) is 0 Å². The number of rotatable bonds is 6. The summed E-state index contributed by atoms with van der Waals surface area (Å²) in [6.07, 6.45) is 0. The van der Waals surface area contributed by atoms with Crippen molar-refractivity contribution < 1.29 is 4.79 Å². The fraction of sp³-hybridized carbons (Fsp3) is 0.176. The molecule has 1 aromatic heterocycles. The average molecular weight is 339 g/mol. The largest absolute Gasteiger partial charge is 0.348 e. The third-order valence-corrected chi connectivity index (χ3v) is 4.56. The Balaban J connectivity index is 1.66. The van der Waals surface area contributed by atoms with E-state index in [0.717, 1.165) is 16.3 Å². The first-order chi connectivity index (χ1) is 11.7. The number of carbonyl (C=O) groups is 1. The lowest BCUT2D eigenvalue weighted by Gasteiger charge is -2.09. The number of nitrogens with one attached hydrogen (secondary N) is 1. The average Bonchev–Trinajstić information content (AvgIpc) is 3.04. The van der Waals surface area contributed by atoms with Crippen molar-refractivity contribution in [1.29, 1.82) is 0 Å². The van der Waals surface area contributed by atoms with E-state index >= 15 is 0 Å². The van der Waals surface area contributed by atoms with Gasteiger partial charge in [-0.1, -0.05) is 42.5 Å². The van der Waals surface area contributed by atoms with Gasteiger partial charge in [0.25, 0.3) is 5.91 Å². The summed E-state index contributed by atoms with van der Waals surface area (Å²) >= 11 is 1.54. The summed E-state index contributed by atoms with van der Waals surface area (Å²) in [5, 5.41) is 14.4. The molecule has 0 bridgehead atoms. The number of hydrogen-bond acceptors (Lipinski definition) is 5. The molecule has 3 rings (SSSR count). The molecule has 0 spiro atoms. The molecule has 122 valence electrons. The van der Waals surface area contributed by atoms with E-state index in [1.807, 2.05) is 54.6 Å². The van der Waals surface area contributed by atoms with E-state index in [2.05, 4.69) is 20.8 Å². The summed E-state index contributed by atoms with van der Waals surface area (Å²) < 4.78 is 1.63. The lowest BCUT2D eigenvalue weighted by molar-refractivity contribution is 0.0948. The maximum Gasteiger partial charge on any atom is 0.252 e. The van der Waals surface area contributed by atoms with E-state index in [4.69, 9.17) is 0 Å². The van der Waals surface area contributed by atoms with Crippen LogP contribution in [0.25, 0.3) is 0 Å². The monoisotopic (exact) mass is 339 g/mol. The fourth-order valence-electron chi connectivity index (χ4n) is 2.17. The summed E-state index contributed by atoms with van der Waals surface area (Å²) in [7, 11) is 1.80. The number of carbonyl (C=O) groups excluding carboxylic acids is 1. The van der Waals surface area contributed by atoms with Gasteiger partial charge in [0.15, 0.2) is 5.82 Å². The molecule has 2 aromatic carbocycles. The smallest absolute Gasteiger partial charge is 0.252 e. The van der Waals surface area contributed by atoms with Crippen LogP contribution >= 0.6 is 11.8 Å². The van der Waals surface area contributed by atoms with Gasteiger partial charge in [-0.3, -0.25) is 4.79 Å².